The van der Waals surface area contributed by atoms with Gasteiger partial charge in [0.05, 0.1) is 0 Å². The van der Waals surface area contributed by atoms with Gasteiger partial charge < -0.3 is 5.73 Å². The highest BCUT2D eigenvalue weighted by Gasteiger charge is 2.08. The standard InChI is InChI=1S/C15H14BrF2NS/c16-11-1-3-15(4-2-11)20-9-14(19)7-10-5-12(17)8-13(18)6-10/h1-6,8,14H,7,9,19H2. The summed E-state index contributed by atoms with van der Waals surface area (Å²) in [6, 6.07) is 11.3. The van der Waals surface area contributed by atoms with Crippen molar-refractivity contribution in [2.24, 2.45) is 5.73 Å². The first kappa shape index (κ1) is 15.5. The molecule has 0 radical (unpaired) electrons. The van der Waals surface area contributed by atoms with Crippen molar-refractivity contribution in [1.82, 2.24) is 0 Å². The van der Waals surface area contributed by atoms with E-state index in [0.717, 1.165) is 15.4 Å². The first-order valence-corrected chi connectivity index (χ1v) is 7.90. The second-order valence-electron chi connectivity index (χ2n) is 4.51. The van der Waals surface area contributed by atoms with Crippen molar-refractivity contribution in [3.63, 3.8) is 0 Å². The molecule has 2 aromatic rings. The van der Waals surface area contributed by atoms with Gasteiger partial charge in [0.2, 0.25) is 0 Å². The molecule has 106 valence electrons. The molecule has 1 unspecified atom stereocenters. The summed E-state index contributed by atoms with van der Waals surface area (Å²) in [5, 5.41) is 0. The number of benzene rings is 2. The van der Waals surface area contributed by atoms with E-state index in [1.54, 1.807) is 11.8 Å². The van der Waals surface area contributed by atoms with Crippen LogP contribution in [0.5, 0.6) is 0 Å². The van der Waals surface area contributed by atoms with E-state index >= 15 is 0 Å². The van der Waals surface area contributed by atoms with Gasteiger partial charge in [-0.15, -0.1) is 11.8 Å². The van der Waals surface area contributed by atoms with Crippen LogP contribution in [0, 0.1) is 11.6 Å². The lowest BCUT2D eigenvalue weighted by Gasteiger charge is -2.11. The fourth-order valence-corrected chi connectivity index (χ4v) is 2.94. The summed E-state index contributed by atoms with van der Waals surface area (Å²) in [6.07, 6.45) is 0.457. The van der Waals surface area contributed by atoms with E-state index in [4.69, 9.17) is 5.73 Å². The van der Waals surface area contributed by atoms with Crippen molar-refractivity contribution in [1.29, 1.82) is 0 Å². The van der Waals surface area contributed by atoms with Gasteiger partial charge in [-0.3, -0.25) is 0 Å². The molecule has 2 aromatic carbocycles. The molecule has 0 saturated heterocycles. The third-order valence-corrected chi connectivity index (χ3v) is 4.43. The fraction of sp³-hybridized carbons (Fsp3) is 0.200. The summed E-state index contributed by atoms with van der Waals surface area (Å²) >= 11 is 5.01. The van der Waals surface area contributed by atoms with Crippen molar-refractivity contribution in [2.45, 2.75) is 17.4 Å². The van der Waals surface area contributed by atoms with E-state index in [0.29, 0.717) is 17.7 Å². The van der Waals surface area contributed by atoms with E-state index in [-0.39, 0.29) is 6.04 Å². The van der Waals surface area contributed by atoms with Gasteiger partial charge in [-0.05, 0) is 48.4 Å². The first-order chi connectivity index (χ1) is 9.52. The van der Waals surface area contributed by atoms with Crippen LogP contribution in [-0.4, -0.2) is 11.8 Å². The number of thioether (sulfide) groups is 1. The highest BCUT2D eigenvalue weighted by atomic mass is 79.9. The smallest absolute Gasteiger partial charge is 0.126 e. The van der Waals surface area contributed by atoms with Gasteiger partial charge in [0, 0.05) is 27.2 Å². The lowest BCUT2D eigenvalue weighted by atomic mass is 10.1. The molecule has 0 bridgehead atoms. The van der Waals surface area contributed by atoms with Crippen LogP contribution < -0.4 is 5.73 Å². The summed E-state index contributed by atoms with van der Waals surface area (Å²) in [7, 11) is 0. The quantitative estimate of drug-likeness (QED) is 0.803. The third kappa shape index (κ3) is 4.89. The second kappa shape index (κ2) is 7.20. The van der Waals surface area contributed by atoms with Gasteiger partial charge in [-0.1, -0.05) is 15.9 Å². The maximum absolute atomic E-state index is 13.1. The molecule has 0 amide bonds. The molecule has 0 spiro atoms. The van der Waals surface area contributed by atoms with Crippen molar-refractivity contribution >= 4 is 27.7 Å². The van der Waals surface area contributed by atoms with Crippen LogP contribution in [-0.2, 0) is 6.42 Å². The van der Waals surface area contributed by atoms with E-state index < -0.39 is 11.6 Å². The lowest BCUT2D eigenvalue weighted by Crippen LogP contribution is -2.25. The Hall–Kier alpha value is -0.910. The Labute approximate surface area is 129 Å². The molecule has 0 heterocycles. The van der Waals surface area contributed by atoms with Crippen LogP contribution in [0.2, 0.25) is 0 Å². The van der Waals surface area contributed by atoms with Crippen LogP contribution in [0.15, 0.2) is 51.8 Å². The van der Waals surface area contributed by atoms with E-state index in [2.05, 4.69) is 15.9 Å². The van der Waals surface area contributed by atoms with Gasteiger partial charge in [0.15, 0.2) is 0 Å². The predicted molar refractivity (Wildman–Crippen MR) is 82.9 cm³/mol. The van der Waals surface area contributed by atoms with Gasteiger partial charge in [0.1, 0.15) is 11.6 Å². The molecule has 1 nitrogen and oxygen atoms in total. The number of hydrogen-bond donors (Lipinski definition) is 1. The zero-order chi connectivity index (χ0) is 14.5. The van der Waals surface area contributed by atoms with Crippen molar-refractivity contribution in [3.8, 4) is 0 Å². The zero-order valence-corrected chi connectivity index (χ0v) is 13.1. The number of hydrogen-bond acceptors (Lipinski definition) is 2. The van der Waals surface area contributed by atoms with E-state index in [1.165, 1.54) is 12.1 Å². The van der Waals surface area contributed by atoms with Gasteiger partial charge in [-0.25, -0.2) is 8.78 Å². The molecule has 0 saturated carbocycles. The SMILES string of the molecule is NC(CSc1ccc(Br)cc1)Cc1cc(F)cc(F)c1. The minimum absolute atomic E-state index is 0.148. The average molecular weight is 358 g/mol. The normalized spacial score (nSPS) is 12.4. The Kier molecular flexibility index (Phi) is 5.57. The molecule has 0 aliphatic carbocycles. The molecular weight excluding hydrogens is 344 g/mol. The lowest BCUT2D eigenvalue weighted by molar-refractivity contribution is 0.577. The van der Waals surface area contributed by atoms with Crippen LogP contribution in [0.4, 0.5) is 8.78 Å². The largest absolute Gasteiger partial charge is 0.327 e. The molecule has 1 atom stereocenters. The van der Waals surface area contributed by atoms with E-state index in [9.17, 15) is 8.78 Å². The van der Waals surface area contributed by atoms with Crippen LogP contribution in [0.1, 0.15) is 5.56 Å². The van der Waals surface area contributed by atoms with Crippen molar-refractivity contribution in [3.05, 3.63) is 64.1 Å². The molecule has 2 N–H and O–H groups in total. The van der Waals surface area contributed by atoms with Crippen molar-refractivity contribution in [2.75, 3.05) is 5.75 Å². The molecule has 0 fully saturated rings. The molecule has 2 rings (SSSR count). The Morgan fingerprint density at radius 3 is 2.25 bits per heavy atom. The first-order valence-electron chi connectivity index (χ1n) is 6.12. The monoisotopic (exact) mass is 357 g/mol. The molecule has 0 aliphatic rings. The van der Waals surface area contributed by atoms with Gasteiger partial charge >= 0.3 is 0 Å². The predicted octanol–water partition coefficient (Wildman–Crippen LogP) is 4.39. The zero-order valence-electron chi connectivity index (χ0n) is 10.7. The summed E-state index contributed by atoms with van der Waals surface area (Å²) in [5.74, 6) is -0.430. The van der Waals surface area contributed by atoms with Crippen molar-refractivity contribution < 1.29 is 8.78 Å². The maximum Gasteiger partial charge on any atom is 0.126 e. The Bertz CT molecular complexity index is 554. The summed E-state index contributed by atoms with van der Waals surface area (Å²) < 4.78 is 27.2. The second-order valence-corrected chi connectivity index (χ2v) is 6.52. The molecule has 5 heteroatoms. The summed E-state index contributed by atoms with van der Waals surface area (Å²) in [5.41, 5.74) is 6.60. The molecular formula is C15H14BrF2NS. The molecule has 0 aliphatic heterocycles. The Balaban J connectivity index is 1.88. The van der Waals surface area contributed by atoms with Crippen LogP contribution in [0.3, 0.4) is 0 Å². The summed E-state index contributed by atoms with van der Waals surface area (Å²) in [6.45, 7) is 0. The highest BCUT2D eigenvalue weighted by molar-refractivity contribution is 9.10. The Morgan fingerprint density at radius 1 is 1.05 bits per heavy atom. The summed E-state index contributed by atoms with van der Waals surface area (Å²) in [4.78, 5) is 1.12. The third-order valence-electron chi connectivity index (χ3n) is 2.70. The minimum atomic E-state index is -0.562. The minimum Gasteiger partial charge on any atom is -0.327 e. The number of rotatable bonds is 5. The van der Waals surface area contributed by atoms with Crippen LogP contribution in [0.25, 0.3) is 0 Å². The maximum atomic E-state index is 13.1. The fourth-order valence-electron chi connectivity index (χ4n) is 1.82. The number of nitrogens with two attached hydrogens (primary N) is 1. The molecule has 0 aromatic heterocycles. The topological polar surface area (TPSA) is 26.0 Å². The Morgan fingerprint density at radius 2 is 1.65 bits per heavy atom. The molecule has 20 heavy (non-hydrogen) atoms. The van der Waals surface area contributed by atoms with Gasteiger partial charge in [-0.2, -0.15) is 0 Å². The number of halogens is 3. The van der Waals surface area contributed by atoms with Crippen LogP contribution >= 0.6 is 27.7 Å². The van der Waals surface area contributed by atoms with E-state index in [1.807, 2.05) is 24.3 Å². The highest BCUT2D eigenvalue weighted by Crippen LogP contribution is 2.21. The average Bonchev–Trinajstić information content (AvgIpc) is 2.37. The van der Waals surface area contributed by atoms with Gasteiger partial charge in [0.25, 0.3) is 0 Å².